The van der Waals surface area contributed by atoms with Crippen LogP contribution in [0.15, 0.2) is 12.3 Å². The molecule has 6 nitrogen and oxygen atoms in total. The van der Waals surface area contributed by atoms with Crippen LogP contribution in [-0.4, -0.2) is 33.8 Å². The molecule has 0 unspecified atom stereocenters. The summed E-state index contributed by atoms with van der Waals surface area (Å²) in [5.41, 5.74) is -3.43. The van der Waals surface area contributed by atoms with E-state index in [2.05, 4.69) is 10.4 Å². The van der Waals surface area contributed by atoms with Crippen LogP contribution in [0.4, 0.5) is 13.2 Å². The van der Waals surface area contributed by atoms with Crippen molar-refractivity contribution in [3.8, 4) is 0 Å². The van der Waals surface area contributed by atoms with E-state index in [4.69, 9.17) is 5.11 Å². The Bertz CT molecular complexity index is 588. The van der Waals surface area contributed by atoms with E-state index in [-0.39, 0.29) is 0 Å². The van der Waals surface area contributed by atoms with E-state index in [1.54, 1.807) is 0 Å². The monoisotopic (exact) mass is 305 g/mol. The van der Waals surface area contributed by atoms with Crippen molar-refractivity contribution >= 4 is 18.1 Å². The number of hydrogen-bond acceptors (Lipinski definition) is 3. The summed E-state index contributed by atoms with van der Waals surface area (Å²) in [6.07, 6.45) is -2.14. The molecule has 0 aliphatic carbocycles. The molecule has 9 heteroatoms. The minimum atomic E-state index is -4.88. The van der Waals surface area contributed by atoms with Crippen molar-refractivity contribution in [2.45, 2.75) is 20.0 Å². The van der Waals surface area contributed by atoms with Crippen molar-refractivity contribution in [1.29, 1.82) is 0 Å². The molecular weight excluding hydrogens is 291 g/mol. The van der Waals surface area contributed by atoms with Gasteiger partial charge in [0.2, 0.25) is 5.91 Å². The third-order valence-electron chi connectivity index (χ3n) is 2.74. The molecule has 1 rings (SSSR count). The van der Waals surface area contributed by atoms with E-state index in [0.717, 1.165) is 6.20 Å². The lowest BCUT2D eigenvalue weighted by atomic mass is 9.92. The molecule has 0 saturated heterocycles. The molecule has 0 spiro atoms. The first-order valence-electron chi connectivity index (χ1n) is 5.80. The molecule has 0 fully saturated rings. The molecule has 0 atom stereocenters. The molecule has 1 aromatic heterocycles. The molecule has 0 aliphatic heterocycles. The second-order valence-electron chi connectivity index (χ2n) is 4.77. The van der Waals surface area contributed by atoms with Gasteiger partial charge in [-0.3, -0.25) is 4.79 Å². The zero-order chi connectivity index (χ0) is 16.4. The summed E-state index contributed by atoms with van der Waals surface area (Å²) in [5.74, 6) is -2.13. The minimum absolute atomic E-state index is 0.397. The number of carbonyl (C=O) groups excluding carboxylic acids is 1. The molecular formula is C12H14F3N3O3. The Balaban J connectivity index is 3.28. The highest BCUT2D eigenvalue weighted by molar-refractivity contribution is 5.89. The van der Waals surface area contributed by atoms with E-state index in [0.29, 0.717) is 10.9 Å². The predicted octanol–water partition coefficient (Wildman–Crippen LogP) is 1.84. The number of aromatic carboxylic acids is 1. The fourth-order valence-electron chi connectivity index (χ4n) is 1.57. The normalized spacial score (nSPS) is 12.7. The number of nitrogens with one attached hydrogen (secondary N) is 1. The lowest BCUT2D eigenvalue weighted by Crippen LogP contribution is -2.32. The average Bonchev–Trinajstić information content (AvgIpc) is 2.79. The van der Waals surface area contributed by atoms with Gasteiger partial charge < -0.3 is 10.4 Å². The second-order valence-corrected chi connectivity index (χ2v) is 4.77. The standard InChI is InChI=1S/C12H14F3N3O3/c1-11(2,10(21)16-3)4-5-18-8(12(13,14)15)7(6-17-18)9(19)20/h4-6H,1-3H3,(H,16,21)(H,19,20). The molecule has 0 aliphatic rings. The highest BCUT2D eigenvalue weighted by Crippen LogP contribution is 2.32. The Hall–Kier alpha value is -2.32. The molecule has 0 radical (unpaired) electrons. The SMILES string of the molecule is CNC(=O)C(C)(C)C=Cn1ncc(C(=O)O)c1C(F)(F)F. The van der Waals surface area contributed by atoms with Gasteiger partial charge in [-0.15, -0.1) is 0 Å². The van der Waals surface area contributed by atoms with Crippen LogP contribution in [0.25, 0.3) is 6.20 Å². The number of carbonyl (C=O) groups is 2. The number of aromatic nitrogens is 2. The Morgan fingerprint density at radius 3 is 2.38 bits per heavy atom. The summed E-state index contributed by atoms with van der Waals surface area (Å²) in [7, 11) is 1.40. The predicted molar refractivity (Wildman–Crippen MR) is 67.4 cm³/mol. The number of carboxylic acids is 1. The van der Waals surface area contributed by atoms with Gasteiger partial charge in [-0.05, 0) is 13.8 Å². The fourth-order valence-corrected chi connectivity index (χ4v) is 1.57. The molecule has 1 aromatic rings. The van der Waals surface area contributed by atoms with Gasteiger partial charge in [0.25, 0.3) is 0 Å². The van der Waals surface area contributed by atoms with Crippen molar-refractivity contribution in [3.05, 3.63) is 23.5 Å². The Morgan fingerprint density at radius 1 is 1.38 bits per heavy atom. The van der Waals surface area contributed by atoms with Crippen LogP contribution in [0.2, 0.25) is 0 Å². The third kappa shape index (κ3) is 3.61. The van der Waals surface area contributed by atoms with Crippen LogP contribution >= 0.6 is 0 Å². The van der Waals surface area contributed by atoms with Crippen LogP contribution in [0.3, 0.4) is 0 Å². The van der Waals surface area contributed by atoms with Crippen LogP contribution in [0.5, 0.6) is 0 Å². The van der Waals surface area contributed by atoms with Gasteiger partial charge in [0.1, 0.15) is 5.56 Å². The van der Waals surface area contributed by atoms with E-state index in [1.165, 1.54) is 27.0 Å². The minimum Gasteiger partial charge on any atom is -0.478 e. The lowest BCUT2D eigenvalue weighted by molar-refractivity contribution is -0.143. The summed E-state index contributed by atoms with van der Waals surface area (Å²) < 4.78 is 39.1. The zero-order valence-corrected chi connectivity index (χ0v) is 11.5. The van der Waals surface area contributed by atoms with E-state index in [1.807, 2.05) is 0 Å². The van der Waals surface area contributed by atoms with Gasteiger partial charge in [-0.1, -0.05) is 6.08 Å². The molecule has 0 aromatic carbocycles. The van der Waals surface area contributed by atoms with E-state index >= 15 is 0 Å². The van der Waals surface area contributed by atoms with Gasteiger partial charge in [-0.25, -0.2) is 9.48 Å². The van der Waals surface area contributed by atoms with Crippen LogP contribution in [-0.2, 0) is 11.0 Å². The largest absolute Gasteiger partial charge is 0.478 e. The van der Waals surface area contributed by atoms with E-state index < -0.39 is 34.7 Å². The summed E-state index contributed by atoms with van der Waals surface area (Å²) in [4.78, 5) is 22.3. The molecule has 2 N–H and O–H groups in total. The maximum absolute atomic E-state index is 12.9. The highest BCUT2D eigenvalue weighted by Gasteiger charge is 2.40. The average molecular weight is 305 g/mol. The number of nitrogens with zero attached hydrogens (tertiary/aromatic N) is 2. The number of alkyl halides is 3. The van der Waals surface area contributed by atoms with Crippen LogP contribution in [0.1, 0.15) is 29.9 Å². The number of halogens is 3. The Morgan fingerprint density at radius 2 is 1.95 bits per heavy atom. The van der Waals surface area contributed by atoms with Crippen molar-refractivity contribution < 1.29 is 27.9 Å². The Labute approximate surface area is 118 Å². The third-order valence-corrected chi connectivity index (χ3v) is 2.74. The maximum atomic E-state index is 12.9. The van der Waals surface area contributed by atoms with Crippen molar-refractivity contribution in [3.63, 3.8) is 0 Å². The molecule has 21 heavy (non-hydrogen) atoms. The number of rotatable bonds is 4. The fraction of sp³-hybridized carbons (Fsp3) is 0.417. The van der Waals surface area contributed by atoms with Gasteiger partial charge in [0, 0.05) is 13.2 Å². The molecule has 0 bridgehead atoms. The van der Waals surface area contributed by atoms with Crippen LogP contribution in [0, 0.1) is 5.41 Å². The molecule has 1 heterocycles. The Kier molecular flexibility index (Phi) is 4.45. The van der Waals surface area contributed by atoms with Gasteiger partial charge in [-0.2, -0.15) is 18.3 Å². The summed E-state index contributed by atoms with van der Waals surface area (Å²) in [5, 5.41) is 14.5. The highest BCUT2D eigenvalue weighted by atomic mass is 19.4. The van der Waals surface area contributed by atoms with Crippen molar-refractivity contribution in [2.75, 3.05) is 7.05 Å². The first-order chi connectivity index (χ1) is 9.50. The summed E-state index contributed by atoms with van der Waals surface area (Å²) in [6, 6.07) is 0. The molecule has 116 valence electrons. The maximum Gasteiger partial charge on any atom is 0.434 e. The second kappa shape index (κ2) is 5.58. The quantitative estimate of drug-likeness (QED) is 0.889. The first-order valence-corrected chi connectivity index (χ1v) is 5.80. The van der Waals surface area contributed by atoms with Crippen molar-refractivity contribution in [2.24, 2.45) is 5.41 Å². The van der Waals surface area contributed by atoms with Gasteiger partial charge in [0.15, 0.2) is 5.69 Å². The van der Waals surface area contributed by atoms with Crippen molar-refractivity contribution in [1.82, 2.24) is 15.1 Å². The molecule has 0 saturated carbocycles. The number of hydrogen-bond donors (Lipinski definition) is 2. The van der Waals surface area contributed by atoms with Gasteiger partial charge >= 0.3 is 12.1 Å². The lowest BCUT2D eigenvalue weighted by Gasteiger charge is -2.17. The number of carboxylic acid groups (broad SMARTS) is 1. The molecule has 1 amide bonds. The smallest absolute Gasteiger partial charge is 0.434 e. The topological polar surface area (TPSA) is 84.2 Å². The summed E-state index contributed by atoms with van der Waals surface area (Å²) >= 11 is 0. The van der Waals surface area contributed by atoms with E-state index in [9.17, 15) is 22.8 Å². The zero-order valence-electron chi connectivity index (χ0n) is 11.5. The summed E-state index contributed by atoms with van der Waals surface area (Å²) in [6.45, 7) is 2.99. The first kappa shape index (κ1) is 16.7. The number of amides is 1. The van der Waals surface area contributed by atoms with Crippen LogP contribution < -0.4 is 5.32 Å². The van der Waals surface area contributed by atoms with Gasteiger partial charge in [0.05, 0.1) is 11.6 Å².